The summed E-state index contributed by atoms with van der Waals surface area (Å²) in [6.45, 7) is 0. The predicted octanol–water partition coefficient (Wildman–Crippen LogP) is 3.98. The van der Waals surface area contributed by atoms with Crippen LogP contribution in [0.3, 0.4) is 0 Å². The summed E-state index contributed by atoms with van der Waals surface area (Å²) in [5, 5.41) is 4.36. The normalized spacial score (nSPS) is 14.3. The first-order valence-electron chi connectivity index (χ1n) is 8.25. The third-order valence-electron chi connectivity index (χ3n) is 4.67. The monoisotopic (exact) mass is 318 g/mol. The van der Waals surface area contributed by atoms with E-state index in [1.165, 1.54) is 0 Å². The van der Waals surface area contributed by atoms with Gasteiger partial charge in [0.1, 0.15) is 5.69 Å². The highest BCUT2D eigenvalue weighted by Crippen LogP contribution is 2.32. The van der Waals surface area contributed by atoms with E-state index >= 15 is 0 Å². The van der Waals surface area contributed by atoms with Crippen LogP contribution in [0.2, 0.25) is 0 Å². The van der Waals surface area contributed by atoms with Gasteiger partial charge in [-0.1, -0.05) is 36.4 Å². The Morgan fingerprint density at radius 3 is 2.42 bits per heavy atom. The van der Waals surface area contributed by atoms with E-state index in [-0.39, 0.29) is 17.5 Å². The molecule has 24 heavy (non-hydrogen) atoms. The van der Waals surface area contributed by atoms with Crippen LogP contribution in [-0.2, 0) is 0 Å². The number of rotatable bonds is 3. The first kappa shape index (κ1) is 14.7. The molecule has 0 atom stereocenters. The SMILES string of the molecule is O=C(Nc1ccccc1)c1cc2ccccc2c(=O)n1C1CCC1. The maximum absolute atomic E-state index is 12.9. The van der Waals surface area contributed by atoms with Crippen LogP contribution in [0.4, 0.5) is 5.69 Å². The quantitative estimate of drug-likeness (QED) is 0.794. The van der Waals surface area contributed by atoms with Gasteiger partial charge in [-0.05, 0) is 48.9 Å². The molecule has 1 amide bonds. The molecule has 0 unspecified atom stereocenters. The van der Waals surface area contributed by atoms with E-state index < -0.39 is 0 Å². The lowest BCUT2D eigenvalue weighted by atomic mass is 9.92. The Labute approximate surface area is 139 Å². The predicted molar refractivity (Wildman–Crippen MR) is 95.5 cm³/mol. The molecule has 1 aromatic heterocycles. The van der Waals surface area contributed by atoms with Gasteiger partial charge in [0.2, 0.25) is 0 Å². The molecular formula is C20H18N2O2. The number of amides is 1. The van der Waals surface area contributed by atoms with E-state index in [2.05, 4.69) is 5.32 Å². The molecule has 0 radical (unpaired) electrons. The summed E-state index contributed by atoms with van der Waals surface area (Å²) in [5.74, 6) is -0.240. The van der Waals surface area contributed by atoms with Crippen LogP contribution < -0.4 is 10.9 Å². The largest absolute Gasteiger partial charge is 0.321 e. The van der Waals surface area contributed by atoms with Crippen LogP contribution >= 0.6 is 0 Å². The number of benzene rings is 2. The van der Waals surface area contributed by atoms with E-state index in [4.69, 9.17) is 0 Å². The molecule has 1 saturated carbocycles. The van der Waals surface area contributed by atoms with E-state index in [9.17, 15) is 9.59 Å². The van der Waals surface area contributed by atoms with Crippen molar-refractivity contribution in [2.45, 2.75) is 25.3 Å². The number of aromatic nitrogens is 1. The summed E-state index contributed by atoms with van der Waals surface area (Å²) in [5.41, 5.74) is 1.09. The maximum Gasteiger partial charge on any atom is 0.272 e. The molecule has 120 valence electrons. The highest BCUT2D eigenvalue weighted by atomic mass is 16.2. The molecule has 1 aliphatic rings. The number of nitrogens with one attached hydrogen (secondary N) is 1. The number of nitrogens with zero attached hydrogens (tertiary/aromatic N) is 1. The topological polar surface area (TPSA) is 51.1 Å². The zero-order chi connectivity index (χ0) is 16.5. The number of hydrogen-bond donors (Lipinski definition) is 1. The fraction of sp³-hybridized carbons (Fsp3) is 0.200. The van der Waals surface area contributed by atoms with Crippen LogP contribution in [0.1, 0.15) is 35.8 Å². The van der Waals surface area contributed by atoms with Crippen molar-refractivity contribution >= 4 is 22.4 Å². The van der Waals surface area contributed by atoms with Gasteiger partial charge in [-0.2, -0.15) is 0 Å². The van der Waals surface area contributed by atoms with Crippen molar-refractivity contribution < 1.29 is 4.79 Å². The number of carbonyl (C=O) groups excluding carboxylic acids is 1. The number of anilines is 1. The van der Waals surface area contributed by atoms with Gasteiger partial charge in [-0.15, -0.1) is 0 Å². The van der Waals surface area contributed by atoms with E-state index in [0.29, 0.717) is 11.1 Å². The molecule has 4 nitrogen and oxygen atoms in total. The van der Waals surface area contributed by atoms with Gasteiger partial charge in [0.15, 0.2) is 0 Å². The van der Waals surface area contributed by atoms with Crippen molar-refractivity contribution in [1.29, 1.82) is 0 Å². The zero-order valence-corrected chi connectivity index (χ0v) is 13.2. The van der Waals surface area contributed by atoms with Crippen molar-refractivity contribution in [1.82, 2.24) is 4.57 Å². The first-order chi connectivity index (χ1) is 11.7. The third-order valence-corrected chi connectivity index (χ3v) is 4.67. The first-order valence-corrected chi connectivity index (χ1v) is 8.25. The van der Waals surface area contributed by atoms with Crippen molar-refractivity contribution in [3.63, 3.8) is 0 Å². The second kappa shape index (κ2) is 5.96. The van der Waals surface area contributed by atoms with Gasteiger partial charge in [-0.3, -0.25) is 9.59 Å². The average Bonchev–Trinajstić information content (AvgIpc) is 2.56. The molecule has 1 fully saturated rings. The Balaban J connectivity index is 1.83. The minimum Gasteiger partial charge on any atom is -0.321 e. The highest BCUT2D eigenvalue weighted by Gasteiger charge is 2.26. The second-order valence-corrected chi connectivity index (χ2v) is 6.20. The molecule has 1 aliphatic carbocycles. The summed E-state index contributed by atoms with van der Waals surface area (Å²) in [6, 6.07) is 18.7. The highest BCUT2D eigenvalue weighted by molar-refractivity contribution is 6.05. The van der Waals surface area contributed by atoms with Gasteiger partial charge < -0.3 is 9.88 Å². The third kappa shape index (κ3) is 2.50. The summed E-state index contributed by atoms with van der Waals surface area (Å²) in [6.07, 6.45) is 3.00. The Bertz CT molecular complexity index is 956. The van der Waals surface area contributed by atoms with Crippen molar-refractivity contribution in [3.8, 4) is 0 Å². The van der Waals surface area contributed by atoms with Crippen LogP contribution in [0.5, 0.6) is 0 Å². The molecule has 4 rings (SSSR count). The molecule has 2 aromatic carbocycles. The van der Waals surface area contributed by atoms with Gasteiger partial charge in [0, 0.05) is 17.1 Å². The standard InChI is InChI=1S/C20H18N2O2/c23-19(21-15-8-2-1-3-9-15)18-13-14-7-4-5-12-17(14)20(24)22(18)16-10-6-11-16/h1-5,7-9,12-13,16H,6,10-11H2,(H,21,23). The molecule has 0 saturated heterocycles. The molecule has 0 spiro atoms. The average molecular weight is 318 g/mol. The summed E-state index contributed by atoms with van der Waals surface area (Å²) < 4.78 is 1.68. The van der Waals surface area contributed by atoms with Crippen LogP contribution in [-0.4, -0.2) is 10.5 Å². The van der Waals surface area contributed by atoms with E-state index in [1.807, 2.05) is 60.7 Å². The number of fused-ring (bicyclic) bond motifs is 1. The minimum atomic E-state index is -0.240. The second-order valence-electron chi connectivity index (χ2n) is 6.20. The van der Waals surface area contributed by atoms with Crippen LogP contribution in [0.25, 0.3) is 10.8 Å². The number of hydrogen-bond acceptors (Lipinski definition) is 2. The lowest BCUT2D eigenvalue weighted by molar-refractivity contribution is 0.101. The molecule has 3 aromatic rings. The van der Waals surface area contributed by atoms with E-state index in [1.54, 1.807) is 4.57 Å². The van der Waals surface area contributed by atoms with Gasteiger partial charge in [-0.25, -0.2) is 0 Å². The summed E-state index contributed by atoms with van der Waals surface area (Å²) in [4.78, 5) is 25.7. The molecule has 0 aliphatic heterocycles. The number of carbonyl (C=O) groups is 1. The Morgan fingerprint density at radius 2 is 1.71 bits per heavy atom. The Kier molecular flexibility index (Phi) is 3.65. The lowest BCUT2D eigenvalue weighted by Gasteiger charge is -2.30. The molecule has 4 heteroatoms. The molecule has 1 heterocycles. The minimum absolute atomic E-state index is 0.0731. The molecular weight excluding hydrogens is 300 g/mol. The number of para-hydroxylation sites is 1. The van der Waals surface area contributed by atoms with Gasteiger partial charge in [0.25, 0.3) is 11.5 Å². The van der Waals surface area contributed by atoms with E-state index in [0.717, 1.165) is 30.3 Å². The molecule has 1 N–H and O–H groups in total. The van der Waals surface area contributed by atoms with Crippen LogP contribution in [0, 0.1) is 0 Å². The Hall–Kier alpha value is -2.88. The Morgan fingerprint density at radius 1 is 1.00 bits per heavy atom. The van der Waals surface area contributed by atoms with Gasteiger partial charge >= 0.3 is 0 Å². The fourth-order valence-corrected chi connectivity index (χ4v) is 3.17. The summed E-state index contributed by atoms with van der Waals surface area (Å²) in [7, 11) is 0. The van der Waals surface area contributed by atoms with Crippen molar-refractivity contribution in [3.05, 3.63) is 76.7 Å². The zero-order valence-electron chi connectivity index (χ0n) is 13.2. The van der Waals surface area contributed by atoms with Gasteiger partial charge in [0.05, 0.1) is 0 Å². The van der Waals surface area contributed by atoms with Crippen LogP contribution in [0.15, 0.2) is 65.5 Å². The van der Waals surface area contributed by atoms with Crippen molar-refractivity contribution in [2.24, 2.45) is 0 Å². The summed E-state index contributed by atoms with van der Waals surface area (Å²) >= 11 is 0. The van der Waals surface area contributed by atoms with Crippen molar-refractivity contribution in [2.75, 3.05) is 5.32 Å². The fourth-order valence-electron chi connectivity index (χ4n) is 3.17. The smallest absolute Gasteiger partial charge is 0.272 e. The number of pyridine rings is 1. The lowest BCUT2D eigenvalue weighted by Crippen LogP contribution is -2.34. The molecule has 0 bridgehead atoms. The maximum atomic E-state index is 12.9.